The van der Waals surface area contributed by atoms with E-state index in [2.05, 4.69) is 264 Å². The van der Waals surface area contributed by atoms with Crippen LogP contribution in [0.2, 0.25) is 0 Å². The van der Waals surface area contributed by atoms with Gasteiger partial charge in [0.15, 0.2) is 5.84 Å². The minimum absolute atomic E-state index is 0.0923. The third kappa shape index (κ3) is 10.4. The zero-order valence-electron chi connectivity index (χ0n) is 41.3. The standard InChI is InChI=1S/C68H61N3/c1-6-66-68(5,37-36-53-26-16-17-27-59(53)46-69-66)49(4)71-67(58-31-19-30-57(39-58)65-43-60(50-20-10-7-11-21-50)40-61(44-65)51-22-12-8-13-23-51)70-48(3)55-28-18-29-56(38-55)64-42-62(52-24-14-9-15-25-52)41-63(45-64)54-34-32-47(2)33-35-54/h7-32,34-36,38-47,66,69H,4,6,33,37H2,1-3,5H3/b53-36-,59-46-,70-48?,71-67?. The lowest BCUT2D eigenvalue weighted by Crippen LogP contribution is -2.45. The summed E-state index contributed by atoms with van der Waals surface area (Å²) < 4.78 is 0. The highest BCUT2D eigenvalue weighted by Gasteiger charge is 2.36. The van der Waals surface area contributed by atoms with Crippen molar-refractivity contribution in [1.29, 1.82) is 0 Å². The molecule has 3 unspecified atom stereocenters. The first-order valence-electron chi connectivity index (χ1n) is 25.1. The second-order valence-corrected chi connectivity index (χ2v) is 19.4. The van der Waals surface area contributed by atoms with Crippen LogP contribution in [0.25, 0.3) is 73.5 Å². The van der Waals surface area contributed by atoms with Gasteiger partial charge in [-0.2, -0.15) is 0 Å². The smallest absolute Gasteiger partial charge is 0.159 e. The molecule has 1 N–H and O–H groups in total. The molecular formula is C68H61N3. The highest BCUT2D eigenvalue weighted by Crippen LogP contribution is 2.39. The third-order valence-electron chi connectivity index (χ3n) is 14.4. The monoisotopic (exact) mass is 919 g/mol. The molecule has 10 rings (SSSR count). The van der Waals surface area contributed by atoms with Crippen LogP contribution in [0.3, 0.4) is 0 Å². The topological polar surface area (TPSA) is 36.8 Å². The molecule has 3 heteroatoms. The molecule has 1 aliphatic heterocycles. The molecule has 0 saturated carbocycles. The van der Waals surface area contributed by atoms with Crippen molar-refractivity contribution in [2.45, 2.75) is 53.0 Å². The first-order valence-corrected chi connectivity index (χ1v) is 25.1. The SMILES string of the molecule is C=C(N=C(N=C(C)c1cccc(-c2cc(C3=CCC(C)C=C3)cc(-c3ccccc3)c2)c1)c1cccc(-c2cc(-c3ccccc3)cc(-c3ccccc3)c2)c1)C1(C)C/C=c2/cccc/c2=C/NC1CC. The number of aliphatic imine (C=N–C) groups is 2. The van der Waals surface area contributed by atoms with Crippen molar-refractivity contribution in [2.24, 2.45) is 21.3 Å². The summed E-state index contributed by atoms with van der Waals surface area (Å²) in [5.41, 5.74) is 17.2. The summed E-state index contributed by atoms with van der Waals surface area (Å²) >= 11 is 0. The van der Waals surface area contributed by atoms with Gasteiger partial charge in [-0.1, -0.05) is 203 Å². The summed E-state index contributed by atoms with van der Waals surface area (Å²) in [6.07, 6.45) is 14.2. The number of benzene rings is 8. The minimum atomic E-state index is -0.415. The van der Waals surface area contributed by atoms with E-state index in [1.54, 1.807) is 0 Å². The fourth-order valence-corrected chi connectivity index (χ4v) is 10.0. The average Bonchev–Trinajstić information content (AvgIpc) is 3.42. The van der Waals surface area contributed by atoms with E-state index in [0.29, 0.717) is 11.8 Å². The van der Waals surface area contributed by atoms with Gasteiger partial charge < -0.3 is 5.32 Å². The van der Waals surface area contributed by atoms with E-state index in [1.165, 1.54) is 43.8 Å². The number of nitrogens with one attached hydrogen (secondary N) is 1. The molecule has 348 valence electrons. The molecular weight excluding hydrogens is 859 g/mol. The largest absolute Gasteiger partial charge is 0.387 e. The van der Waals surface area contributed by atoms with Crippen molar-refractivity contribution in [1.82, 2.24) is 5.32 Å². The Morgan fingerprint density at radius 1 is 0.535 bits per heavy atom. The third-order valence-corrected chi connectivity index (χ3v) is 14.4. The van der Waals surface area contributed by atoms with Gasteiger partial charge in [-0.25, -0.2) is 9.98 Å². The van der Waals surface area contributed by atoms with Crippen LogP contribution in [-0.2, 0) is 0 Å². The van der Waals surface area contributed by atoms with Gasteiger partial charge in [0.25, 0.3) is 0 Å². The van der Waals surface area contributed by atoms with E-state index in [1.807, 2.05) is 0 Å². The Labute approximate surface area is 420 Å². The molecule has 3 nitrogen and oxygen atoms in total. The number of allylic oxidation sites excluding steroid dienone is 4. The molecule has 0 aromatic heterocycles. The van der Waals surface area contributed by atoms with Gasteiger partial charge in [0.1, 0.15) is 0 Å². The van der Waals surface area contributed by atoms with E-state index < -0.39 is 5.41 Å². The Bertz CT molecular complexity index is 3430. The molecule has 0 fully saturated rings. The zero-order valence-corrected chi connectivity index (χ0v) is 41.3. The van der Waals surface area contributed by atoms with Crippen LogP contribution in [0, 0.1) is 11.3 Å². The fourth-order valence-electron chi connectivity index (χ4n) is 10.0. The number of rotatable bonds is 11. The van der Waals surface area contributed by atoms with Crippen LogP contribution in [0.4, 0.5) is 0 Å². The van der Waals surface area contributed by atoms with Crippen molar-refractivity contribution in [3.63, 3.8) is 0 Å². The van der Waals surface area contributed by atoms with E-state index in [-0.39, 0.29) is 6.04 Å². The molecule has 71 heavy (non-hydrogen) atoms. The van der Waals surface area contributed by atoms with E-state index in [9.17, 15) is 0 Å². The van der Waals surface area contributed by atoms with Crippen LogP contribution in [-0.4, -0.2) is 17.6 Å². The van der Waals surface area contributed by atoms with Crippen molar-refractivity contribution >= 4 is 29.4 Å². The van der Waals surface area contributed by atoms with E-state index in [0.717, 1.165) is 75.2 Å². The number of amidine groups is 1. The highest BCUT2D eigenvalue weighted by atomic mass is 15.0. The molecule has 8 aromatic rings. The van der Waals surface area contributed by atoms with Gasteiger partial charge in [-0.05, 0) is 163 Å². The Kier molecular flexibility index (Phi) is 13.7. The first-order chi connectivity index (χ1) is 34.7. The van der Waals surface area contributed by atoms with Gasteiger partial charge in [0, 0.05) is 34.6 Å². The van der Waals surface area contributed by atoms with E-state index in [4.69, 9.17) is 16.6 Å². The molecule has 1 heterocycles. The van der Waals surface area contributed by atoms with Crippen LogP contribution in [0.15, 0.2) is 241 Å². The minimum Gasteiger partial charge on any atom is -0.387 e. The van der Waals surface area contributed by atoms with Gasteiger partial charge in [0.2, 0.25) is 0 Å². The molecule has 8 aromatic carbocycles. The summed E-state index contributed by atoms with van der Waals surface area (Å²) in [5, 5.41) is 6.18. The van der Waals surface area contributed by atoms with Crippen LogP contribution < -0.4 is 15.8 Å². The Hall–Kier alpha value is -8.14. The lowest BCUT2D eigenvalue weighted by molar-refractivity contribution is 0.288. The van der Waals surface area contributed by atoms with Gasteiger partial charge in [0.05, 0.1) is 0 Å². The molecule has 0 radical (unpaired) electrons. The van der Waals surface area contributed by atoms with Crippen molar-refractivity contribution in [2.75, 3.05) is 0 Å². The number of fused-ring (bicyclic) bond motifs is 1. The Morgan fingerprint density at radius 3 is 1.55 bits per heavy atom. The number of hydrogen-bond acceptors (Lipinski definition) is 2. The maximum atomic E-state index is 5.54. The van der Waals surface area contributed by atoms with Crippen molar-refractivity contribution in [3.05, 3.63) is 258 Å². The van der Waals surface area contributed by atoms with Gasteiger partial charge >= 0.3 is 0 Å². The lowest BCUT2D eigenvalue weighted by atomic mass is 9.75. The second kappa shape index (κ2) is 20.8. The lowest BCUT2D eigenvalue weighted by Gasteiger charge is -2.38. The quantitative estimate of drug-likeness (QED) is 0.102. The maximum Gasteiger partial charge on any atom is 0.159 e. The molecule has 2 aliphatic rings. The van der Waals surface area contributed by atoms with Gasteiger partial charge in [-0.3, -0.25) is 0 Å². The average molecular weight is 920 g/mol. The highest BCUT2D eigenvalue weighted by molar-refractivity contribution is 6.12. The predicted octanol–water partition coefficient (Wildman–Crippen LogP) is 15.8. The molecule has 1 aliphatic carbocycles. The zero-order chi connectivity index (χ0) is 48.7. The summed E-state index contributed by atoms with van der Waals surface area (Å²) in [7, 11) is 0. The number of hydrogen-bond donors (Lipinski definition) is 1. The van der Waals surface area contributed by atoms with Crippen LogP contribution in [0.1, 0.15) is 63.6 Å². The molecule has 0 spiro atoms. The number of nitrogens with zero attached hydrogens (tertiary/aromatic N) is 2. The van der Waals surface area contributed by atoms with Gasteiger partial charge in [-0.15, -0.1) is 0 Å². The normalized spacial score (nSPS) is 18.8. The Balaban J connectivity index is 1.09. The van der Waals surface area contributed by atoms with Crippen LogP contribution >= 0.6 is 0 Å². The maximum absolute atomic E-state index is 5.54. The van der Waals surface area contributed by atoms with E-state index >= 15 is 0 Å². The summed E-state index contributed by atoms with van der Waals surface area (Å²) in [6, 6.07) is 72.0. The van der Waals surface area contributed by atoms with Crippen LogP contribution in [0.5, 0.6) is 0 Å². The first kappa shape index (κ1) is 46.6. The summed E-state index contributed by atoms with van der Waals surface area (Å²) in [6.45, 7) is 13.7. The Morgan fingerprint density at radius 2 is 1.01 bits per heavy atom. The summed E-state index contributed by atoms with van der Waals surface area (Å²) in [5.74, 6) is 1.17. The molecule has 0 saturated heterocycles. The summed E-state index contributed by atoms with van der Waals surface area (Å²) in [4.78, 5) is 11.1. The second-order valence-electron chi connectivity index (χ2n) is 19.4. The fraction of sp³-hybridized carbons (Fsp3) is 0.147. The predicted molar refractivity (Wildman–Crippen MR) is 303 cm³/mol. The molecule has 3 atom stereocenters. The van der Waals surface area contributed by atoms with Crippen molar-refractivity contribution < 1.29 is 0 Å². The molecule has 0 amide bonds. The van der Waals surface area contributed by atoms with Crippen molar-refractivity contribution in [3.8, 4) is 55.6 Å². The molecule has 0 bridgehead atoms.